The first-order chi connectivity index (χ1) is 30.2. The van der Waals surface area contributed by atoms with Gasteiger partial charge in [0.1, 0.15) is 27.8 Å². The number of benzene rings is 9. The molecule has 0 saturated carbocycles. The van der Waals surface area contributed by atoms with Crippen LogP contribution in [0, 0.1) is 0 Å². The summed E-state index contributed by atoms with van der Waals surface area (Å²) < 4.78 is 19.6. The molecular weight excluding hydrogens is 751 g/mol. The van der Waals surface area contributed by atoms with Crippen LogP contribution in [0.15, 0.2) is 226 Å². The molecule has 12 rings (SSSR count). The van der Waals surface area contributed by atoms with Crippen LogP contribution in [0.4, 0.5) is 34.1 Å². The molecule has 9 aromatic carbocycles. The van der Waals surface area contributed by atoms with Gasteiger partial charge in [0.2, 0.25) is 5.89 Å². The summed E-state index contributed by atoms with van der Waals surface area (Å²) >= 11 is 0. The largest absolute Gasteiger partial charge is 0.456 e. The lowest BCUT2D eigenvalue weighted by Crippen LogP contribution is -2.13. The molecule has 61 heavy (non-hydrogen) atoms. The van der Waals surface area contributed by atoms with E-state index in [4.69, 9.17) is 18.2 Å². The van der Waals surface area contributed by atoms with Gasteiger partial charge in [-0.3, -0.25) is 0 Å². The highest BCUT2D eigenvalue weighted by Crippen LogP contribution is 2.47. The molecule has 0 aliphatic rings. The number of para-hydroxylation sites is 4. The summed E-state index contributed by atoms with van der Waals surface area (Å²) in [5.74, 6) is 0.510. The molecule has 0 fully saturated rings. The smallest absolute Gasteiger partial charge is 0.228 e. The molecule has 288 valence electrons. The maximum atomic E-state index is 7.04. The lowest BCUT2D eigenvalue weighted by molar-refractivity contribution is 0.620. The van der Waals surface area contributed by atoms with Gasteiger partial charge in [0.25, 0.3) is 0 Å². The van der Waals surface area contributed by atoms with Gasteiger partial charge in [-0.1, -0.05) is 121 Å². The minimum Gasteiger partial charge on any atom is -0.456 e. The average molecular weight is 786 g/mol. The molecule has 0 unspecified atom stereocenters. The van der Waals surface area contributed by atoms with Gasteiger partial charge in [-0.15, -0.1) is 0 Å². The Morgan fingerprint density at radius 1 is 0.344 bits per heavy atom. The van der Waals surface area contributed by atoms with E-state index in [1.165, 1.54) is 0 Å². The predicted molar refractivity (Wildman–Crippen MR) is 249 cm³/mol. The topological polar surface area (TPSA) is 58.8 Å². The van der Waals surface area contributed by atoms with Gasteiger partial charge in [0, 0.05) is 49.9 Å². The van der Waals surface area contributed by atoms with Crippen LogP contribution in [0.25, 0.3) is 77.6 Å². The fraction of sp³-hybridized carbons (Fsp3) is 0. The van der Waals surface area contributed by atoms with Crippen molar-refractivity contribution in [2.45, 2.75) is 0 Å². The third-order valence-electron chi connectivity index (χ3n) is 11.5. The van der Waals surface area contributed by atoms with E-state index >= 15 is 0 Å². The number of oxazole rings is 1. The van der Waals surface area contributed by atoms with Crippen LogP contribution in [0.5, 0.6) is 0 Å². The second kappa shape index (κ2) is 14.2. The molecule has 0 saturated heterocycles. The minimum absolute atomic E-state index is 0.510. The molecule has 0 N–H and O–H groups in total. The molecule has 6 heteroatoms. The van der Waals surface area contributed by atoms with E-state index in [1.807, 2.05) is 60.7 Å². The van der Waals surface area contributed by atoms with Gasteiger partial charge in [0.15, 0.2) is 5.58 Å². The lowest BCUT2D eigenvalue weighted by atomic mass is 10.0. The van der Waals surface area contributed by atoms with Crippen molar-refractivity contribution in [3.8, 4) is 22.6 Å². The normalized spacial score (nSPS) is 11.6. The van der Waals surface area contributed by atoms with Crippen molar-refractivity contribution < 1.29 is 13.3 Å². The Labute approximate surface area is 350 Å². The number of rotatable bonds is 8. The summed E-state index contributed by atoms with van der Waals surface area (Å²) in [6, 6.07) is 73.2. The van der Waals surface area contributed by atoms with Crippen LogP contribution in [0.3, 0.4) is 0 Å². The lowest BCUT2D eigenvalue weighted by Gasteiger charge is -2.29. The zero-order valence-electron chi connectivity index (χ0n) is 32.8. The number of fused-ring (bicyclic) bond motifs is 7. The second-order valence-electron chi connectivity index (χ2n) is 15.1. The second-order valence-corrected chi connectivity index (χ2v) is 15.1. The Bertz CT molecular complexity index is 3540. The van der Waals surface area contributed by atoms with Gasteiger partial charge in [-0.25, -0.2) is 4.98 Å². The molecule has 0 spiro atoms. The SMILES string of the molecule is c1ccc(-c2ccc(N(c3ccccc3)c3cc(N(c4ccccc4)c4ccc5oc6ccccc6c5c4)cc4nc(-c5cccc6oc7ccccc7c56)oc34)cc2)cc1. The van der Waals surface area contributed by atoms with Gasteiger partial charge < -0.3 is 23.1 Å². The fourth-order valence-electron chi connectivity index (χ4n) is 8.68. The van der Waals surface area contributed by atoms with E-state index in [2.05, 4.69) is 161 Å². The van der Waals surface area contributed by atoms with Crippen molar-refractivity contribution in [1.82, 2.24) is 4.98 Å². The number of furan rings is 2. The van der Waals surface area contributed by atoms with Crippen LogP contribution < -0.4 is 9.80 Å². The Balaban J connectivity index is 1.12. The summed E-state index contributed by atoms with van der Waals surface area (Å²) in [4.78, 5) is 9.89. The molecule has 3 aromatic heterocycles. The zero-order valence-corrected chi connectivity index (χ0v) is 32.8. The van der Waals surface area contributed by atoms with Gasteiger partial charge in [-0.2, -0.15) is 0 Å². The summed E-state index contributed by atoms with van der Waals surface area (Å²) in [6.07, 6.45) is 0. The molecule has 0 atom stereocenters. The highest BCUT2D eigenvalue weighted by Gasteiger charge is 2.26. The number of hydrogen-bond acceptors (Lipinski definition) is 6. The van der Waals surface area contributed by atoms with E-state index in [9.17, 15) is 0 Å². The Hall–Kier alpha value is -8.35. The molecule has 0 bridgehead atoms. The van der Waals surface area contributed by atoms with E-state index in [0.29, 0.717) is 17.0 Å². The molecule has 0 aliphatic carbocycles. The Kier molecular flexibility index (Phi) is 8.06. The summed E-state index contributed by atoms with van der Waals surface area (Å²) in [5, 5.41) is 4.09. The zero-order chi connectivity index (χ0) is 40.3. The number of aromatic nitrogens is 1. The maximum Gasteiger partial charge on any atom is 0.228 e. The number of nitrogens with zero attached hydrogens (tertiary/aromatic N) is 3. The van der Waals surface area contributed by atoms with Gasteiger partial charge in [-0.05, 0) is 102 Å². The third-order valence-corrected chi connectivity index (χ3v) is 11.5. The Morgan fingerprint density at radius 3 is 1.66 bits per heavy atom. The van der Waals surface area contributed by atoms with Crippen molar-refractivity contribution in [2.75, 3.05) is 9.80 Å². The average Bonchev–Trinajstić information content (AvgIpc) is 4.04. The summed E-state index contributed by atoms with van der Waals surface area (Å²) in [5.41, 5.74) is 13.5. The van der Waals surface area contributed by atoms with Crippen molar-refractivity contribution in [1.29, 1.82) is 0 Å². The Morgan fingerprint density at radius 2 is 0.902 bits per heavy atom. The number of anilines is 6. The van der Waals surface area contributed by atoms with E-state index in [0.717, 1.165) is 94.7 Å². The van der Waals surface area contributed by atoms with E-state index in [1.54, 1.807) is 0 Å². The number of hydrogen-bond donors (Lipinski definition) is 0. The molecule has 12 aromatic rings. The molecule has 0 aliphatic heterocycles. The van der Waals surface area contributed by atoms with Crippen molar-refractivity contribution >= 4 is 89.1 Å². The first kappa shape index (κ1) is 34.7. The highest BCUT2D eigenvalue weighted by atomic mass is 16.4. The fourth-order valence-corrected chi connectivity index (χ4v) is 8.68. The quantitative estimate of drug-likeness (QED) is 0.153. The minimum atomic E-state index is 0.510. The standard InChI is InChI=1S/C55H35N3O3/c1-4-15-36(16-5-1)37-27-29-40(30-28-37)58(39-19-8-3-9-20-39)48-35-42(34-47-54(48)61-55(56-47)45-23-14-26-52-53(45)44-22-11-13-25-50(44)60-52)57(38-17-6-2-7-18-38)41-31-32-51-46(33-41)43-21-10-12-24-49(43)59-51/h1-35H. The molecule has 3 heterocycles. The van der Waals surface area contributed by atoms with Crippen LogP contribution >= 0.6 is 0 Å². The molecule has 0 radical (unpaired) electrons. The molecule has 6 nitrogen and oxygen atoms in total. The highest BCUT2D eigenvalue weighted by molar-refractivity contribution is 6.12. The van der Waals surface area contributed by atoms with Crippen molar-refractivity contribution in [3.63, 3.8) is 0 Å². The van der Waals surface area contributed by atoms with Crippen LogP contribution in [0.2, 0.25) is 0 Å². The monoisotopic (exact) mass is 785 g/mol. The van der Waals surface area contributed by atoms with Crippen LogP contribution in [-0.2, 0) is 0 Å². The van der Waals surface area contributed by atoms with Crippen LogP contribution in [0.1, 0.15) is 0 Å². The molecule has 0 amide bonds. The van der Waals surface area contributed by atoms with Crippen molar-refractivity contribution in [2.24, 2.45) is 0 Å². The third kappa shape index (κ3) is 5.92. The summed E-state index contributed by atoms with van der Waals surface area (Å²) in [7, 11) is 0. The van der Waals surface area contributed by atoms with Gasteiger partial charge >= 0.3 is 0 Å². The van der Waals surface area contributed by atoms with Gasteiger partial charge in [0.05, 0.1) is 11.4 Å². The first-order valence-corrected chi connectivity index (χ1v) is 20.4. The summed E-state index contributed by atoms with van der Waals surface area (Å²) in [6.45, 7) is 0. The van der Waals surface area contributed by atoms with E-state index < -0.39 is 0 Å². The maximum absolute atomic E-state index is 7.04. The van der Waals surface area contributed by atoms with Crippen molar-refractivity contribution in [3.05, 3.63) is 212 Å². The predicted octanol–water partition coefficient (Wildman–Crippen LogP) is 15.9. The van der Waals surface area contributed by atoms with E-state index in [-0.39, 0.29) is 0 Å². The molecular formula is C55H35N3O3. The van der Waals surface area contributed by atoms with Crippen LogP contribution in [-0.4, -0.2) is 4.98 Å². The first-order valence-electron chi connectivity index (χ1n) is 20.4.